The average Bonchev–Trinajstić information content (AvgIpc) is 2.74. The Kier molecular flexibility index (Phi) is 2.82. The molecule has 0 spiro atoms. The third-order valence-corrected chi connectivity index (χ3v) is 6.06. The summed E-state index contributed by atoms with van der Waals surface area (Å²) in [5, 5.41) is 20.5. The van der Waals surface area contributed by atoms with E-state index >= 15 is 0 Å². The molecule has 3 aliphatic rings. The Hall–Kier alpha value is -1.19. The highest BCUT2D eigenvalue weighted by atomic mass is 16.3. The molecule has 1 fully saturated rings. The van der Waals surface area contributed by atoms with E-state index < -0.39 is 6.10 Å². The summed E-state index contributed by atoms with van der Waals surface area (Å²) in [6.45, 7) is 2.03. The quantitative estimate of drug-likeness (QED) is 0.770. The van der Waals surface area contributed by atoms with Crippen LogP contribution in [0.1, 0.15) is 66.9 Å². The Balaban J connectivity index is 1.87. The van der Waals surface area contributed by atoms with Crippen molar-refractivity contribution in [1.82, 2.24) is 0 Å². The van der Waals surface area contributed by atoms with E-state index in [2.05, 4.69) is 12.1 Å². The first-order valence-corrected chi connectivity index (χ1v) is 8.04. The van der Waals surface area contributed by atoms with Crippen molar-refractivity contribution in [2.24, 2.45) is 5.41 Å². The van der Waals surface area contributed by atoms with Gasteiger partial charge in [-0.3, -0.25) is 4.79 Å². The van der Waals surface area contributed by atoms with E-state index in [4.69, 9.17) is 0 Å². The summed E-state index contributed by atoms with van der Waals surface area (Å²) in [4.78, 5) is 12.3. The van der Waals surface area contributed by atoms with Crippen molar-refractivity contribution >= 4 is 5.78 Å². The second-order valence-electron chi connectivity index (χ2n) is 7.25. The van der Waals surface area contributed by atoms with E-state index in [1.54, 1.807) is 0 Å². The van der Waals surface area contributed by atoms with Gasteiger partial charge < -0.3 is 10.2 Å². The van der Waals surface area contributed by atoms with Crippen LogP contribution in [0.15, 0.2) is 12.1 Å². The van der Waals surface area contributed by atoms with E-state index in [0.717, 1.165) is 24.8 Å². The van der Waals surface area contributed by atoms with Crippen LogP contribution in [0.3, 0.4) is 0 Å². The van der Waals surface area contributed by atoms with Gasteiger partial charge in [-0.15, -0.1) is 0 Å². The Bertz CT molecular complexity index is 621. The minimum atomic E-state index is -0.534. The maximum atomic E-state index is 12.3. The summed E-state index contributed by atoms with van der Waals surface area (Å²) in [7, 11) is 0. The monoisotopic (exact) mass is 286 g/mol. The van der Waals surface area contributed by atoms with Crippen molar-refractivity contribution in [3.8, 4) is 0 Å². The molecule has 3 aliphatic carbocycles. The fraction of sp³-hybridized carbons (Fsp3) is 0.611. The first-order valence-electron chi connectivity index (χ1n) is 8.04. The highest BCUT2D eigenvalue weighted by Gasteiger charge is 2.52. The molecule has 112 valence electrons. The molecule has 0 amide bonds. The van der Waals surface area contributed by atoms with Crippen molar-refractivity contribution < 1.29 is 15.0 Å². The van der Waals surface area contributed by atoms with Gasteiger partial charge in [-0.1, -0.05) is 19.1 Å². The first-order chi connectivity index (χ1) is 10.0. The van der Waals surface area contributed by atoms with Crippen LogP contribution in [0.25, 0.3) is 0 Å². The molecule has 0 saturated heterocycles. The molecule has 0 aromatic heterocycles. The smallest absolute Gasteiger partial charge is 0.139 e. The minimum Gasteiger partial charge on any atom is -0.393 e. The predicted octanol–water partition coefficient (Wildman–Crippen LogP) is 2.43. The van der Waals surface area contributed by atoms with Gasteiger partial charge in [0.05, 0.1) is 12.2 Å². The number of ketones is 1. The fourth-order valence-corrected chi connectivity index (χ4v) is 4.91. The minimum absolute atomic E-state index is 0.255. The van der Waals surface area contributed by atoms with Gasteiger partial charge in [0.2, 0.25) is 0 Å². The molecule has 1 aromatic rings. The van der Waals surface area contributed by atoms with E-state index in [1.807, 2.05) is 6.92 Å². The molecule has 3 heteroatoms. The molecule has 1 saturated carbocycles. The number of carbonyl (C=O) groups is 1. The first kappa shape index (κ1) is 13.5. The van der Waals surface area contributed by atoms with Gasteiger partial charge in [0.25, 0.3) is 0 Å². The van der Waals surface area contributed by atoms with Crippen molar-refractivity contribution in [1.29, 1.82) is 0 Å². The average molecular weight is 286 g/mol. The number of Topliss-reactive ketones (excluding diaryl/α,β-unsaturated/α-hetero) is 1. The largest absolute Gasteiger partial charge is 0.393 e. The van der Waals surface area contributed by atoms with Gasteiger partial charge in [0.1, 0.15) is 5.78 Å². The Morgan fingerprint density at radius 1 is 1.19 bits per heavy atom. The molecule has 0 radical (unpaired) electrons. The topological polar surface area (TPSA) is 57.5 Å². The molecule has 21 heavy (non-hydrogen) atoms. The number of hydrogen-bond donors (Lipinski definition) is 2. The second-order valence-corrected chi connectivity index (χ2v) is 7.25. The lowest BCUT2D eigenvalue weighted by Gasteiger charge is -2.41. The Morgan fingerprint density at radius 3 is 2.81 bits per heavy atom. The third kappa shape index (κ3) is 1.77. The maximum Gasteiger partial charge on any atom is 0.139 e. The van der Waals surface area contributed by atoms with Crippen molar-refractivity contribution in [2.75, 3.05) is 0 Å². The van der Waals surface area contributed by atoms with Crippen LogP contribution in [0.2, 0.25) is 0 Å². The lowest BCUT2D eigenvalue weighted by Crippen LogP contribution is -2.36. The van der Waals surface area contributed by atoms with Gasteiger partial charge in [-0.05, 0) is 60.3 Å². The van der Waals surface area contributed by atoms with Gasteiger partial charge in [-0.2, -0.15) is 0 Å². The zero-order valence-electron chi connectivity index (χ0n) is 12.4. The van der Waals surface area contributed by atoms with Gasteiger partial charge >= 0.3 is 0 Å². The Morgan fingerprint density at radius 2 is 2.00 bits per heavy atom. The zero-order chi connectivity index (χ0) is 14.8. The second kappa shape index (κ2) is 4.40. The molecule has 0 aliphatic heterocycles. The predicted molar refractivity (Wildman–Crippen MR) is 79.1 cm³/mol. The number of aliphatic hydroxyl groups excluding tert-OH is 2. The van der Waals surface area contributed by atoms with Crippen LogP contribution in [0, 0.1) is 5.41 Å². The van der Waals surface area contributed by atoms with E-state index in [9.17, 15) is 15.0 Å². The van der Waals surface area contributed by atoms with Crippen LogP contribution < -0.4 is 0 Å². The molecule has 2 N–H and O–H groups in total. The molecule has 3 nitrogen and oxygen atoms in total. The molecular weight excluding hydrogens is 264 g/mol. The molecule has 4 rings (SSSR count). The summed E-state index contributed by atoms with van der Waals surface area (Å²) >= 11 is 0. The summed E-state index contributed by atoms with van der Waals surface area (Å²) < 4.78 is 0. The van der Waals surface area contributed by atoms with Gasteiger partial charge in [0.15, 0.2) is 0 Å². The summed E-state index contributed by atoms with van der Waals surface area (Å²) in [5.74, 6) is 0.575. The SMILES string of the molecule is C[C@@]12C[C@@H](O)c3c(ccc4c3CC[C@@H](O)C4)[C@@H]1CCC2=O. The zero-order valence-corrected chi connectivity index (χ0v) is 12.4. The fourth-order valence-electron chi connectivity index (χ4n) is 4.91. The summed E-state index contributed by atoms with van der Waals surface area (Å²) in [5.41, 5.74) is 4.31. The van der Waals surface area contributed by atoms with Crippen molar-refractivity contribution in [2.45, 2.75) is 63.6 Å². The normalized spacial score (nSPS) is 37.9. The third-order valence-electron chi connectivity index (χ3n) is 6.06. The number of fused-ring (bicyclic) bond motifs is 5. The highest BCUT2D eigenvalue weighted by Crippen LogP contribution is 2.57. The van der Waals surface area contributed by atoms with Crippen LogP contribution in [-0.2, 0) is 17.6 Å². The van der Waals surface area contributed by atoms with Gasteiger partial charge in [-0.25, -0.2) is 0 Å². The molecule has 1 aromatic carbocycles. The summed E-state index contributed by atoms with van der Waals surface area (Å²) in [6, 6.07) is 4.22. The Labute approximate surface area is 125 Å². The molecule has 0 bridgehead atoms. The van der Waals surface area contributed by atoms with Crippen LogP contribution in [0.4, 0.5) is 0 Å². The van der Waals surface area contributed by atoms with Crippen LogP contribution in [0.5, 0.6) is 0 Å². The van der Waals surface area contributed by atoms with Crippen molar-refractivity contribution in [3.05, 3.63) is 34.4 Å². The van der Waals surface area contributed by atoms with Gasteiger partial charge in [0, 0.05) is 11.8 Å². The number of aliphatic hydroxyl groups is 2. The number of rotatable bonds is 0. The van der Waals surface area contributed by atoms with Crippen LogP contribution >= 0.6 is 0 Å². The maximum absolute atomic E-state index is 12.3. The lowest BCUT2D eigenvalue weighted by molar-refractivity contribution is -0.127. The molecular formula is C18H22O3. The van der Waals surface area contributed by atoms with E-state index in [1.165, 1.54) is 16.7 Å². The number of benzene rings is 1. The number of hydrogen-bond acceptors (Lipinski definition) is 3. The molecule has 4 atom stereocenters. The van der Waals surface area contributed by atoms with E-state index in [0.29, 0.717) is 25.0 Å². The highest BCUT2D eigenvalue weighted by molar-refractivity contribution is 5.88. The molecule has 0 unspecified atom stereocenters. The number of carbonyl (C=O) groups excluding carboxylic acids is 1. The lowest BCUT2D eigenvalue weighted by atomic mass is 9.63. The molecule has 0 heterocycles. The standard InChI is InChI=1S/C18H22O3/c1-18-9-15(20)17-12-5-3-11(19)8-10(12)2-4-13(17)14(18)6-7-16(18)21/h2,4,11,14-15,19-20H,3,5-9H2,1H3/t11-,14+,15-,18-/m1/s1. The van der Waals surface area contributed by atoms with Crippen LogP contribution in [-0.4, -0.2) is 22.1 Å². The van der Waals surface area contributed by atoms with E-state index in [-0.39, 0.29) is 17.4 Å². The van der Waals surface area contributed by atoms with Crippen molar-refractivity contribution in [3.63, 3.8) is 0 Å². The summed E-state index contributed by atoms with van der Waals surface area (Å²) in [6.07, 6.45) is 3.63.